The highest BCUT2D eigenvalue weighted by Gasteiger charge is 2.02. The van der Waals surface area contributed by atoms with Crippen LogP contribution in [0.4, 0.5) is 0 Å². The van der Waals surface area contributed by atoms with E-state index in [2.05, 4.69) is 5.16 Å². The molecule has 0 aliphatic rings. The SMILES string of the molecule is COc1ccc(SCc2cccc(/C(N)=N/O)c2)cc1. The van der Waals surface area contributed by atoms with Gasteiger partial charge in [0.25, 0.3) is 0 Å². The number of hydrogen-bond acceptors (Lipinski definition) is 4. The van der Waals surface area contributed by atoms with E-state index in [1.165, 1.54) is 4.90 Å². The summed E-state index contributed by atoms with van der Waals surface area (Å²) in [5.74, 6) is 1.79. The normalized spacial score (nSPS) is 11.3. The van der Waals surface area contributed by atoms with Gasteiger partial charge in [0.15, 0.2) is 5.84 Å². The summed E-state index contributed by atoms with van der Waals surface area (Å²) < 4.78 is 5.13. The number of nitrogens with zero attached hydrogens (tertiary/aromatic N) is 1. The first kappa shape index (κ1) is 14.3. The largest absolute Gasteiger partial charge is 0.497 e. The fourth-order valence-corrected chi connectivity index (χ4v) is 2.56. The maximum atomic E-state index is 8.68. The Labute approximate surface area is 122 Å². The van der Waals surface area contributed by atoms with Gasteiger partial charge >= 0.3 is 0 Å². The van der Waals surface area contributed by atoms with Gasteiger partial charge in [-0.2, -0.15) is 0 Å². The number of hydrogen-bond donors (Lipinski definition) is 2. The summed E-state index contributed by atoms with van der Waals surface area (Å²) in [5, 5.41) is 11.7. The van der Waals surface area contributed by atoms with Crippen LogP contribution in [-0.2, 0) is 5.75 Å². The van der Waals surface area contributed by atoms with Gasteiger partial charge in [-0.15, -0.1) is 11.8 Å². The lowest BCUT2D eigenvalue weighted by molar-refractivity contribution is 0.318. The molecule has 20 heavy (non-hydrogen) atoms. The molecule has 0 radical (unpaired) electrons. The molecule has 0 saturated heterocycles. The predicted molar refractivity (Wildman–Crippen MR) is 81.5 cm³/mol. The van der Waals surface area contributed by atoms with Crippen molar-refractivity contribution in [1.29, 1.82) is 0 Å². The lowest BCUT2D eigenvalue weighted by Gasteiger charge is -2.05. The highest BCUT2D eigenvalue weighted by molar-refractivity contribution is 7.98. The Hall–Kier alpha value is -2.14. The first-order valence-corrected chi connectivity index (χ1v) is 7.05. The molecule has 2 rings (SSSR count). The van der Waals surface area contributed by atoms with Crippen molar-refractivity contribution in [3.05, 3.63) is 59.7 Å². The molecule has 0 unspecified atom stereocenters. The van der Waals surface area contributed by atoms with Gasteiger partial charge < -0.3 is 15.7 Å². The van der Waals surface area contributed by atoms with E-state index in [4.69, 9.17) is 15.7 Å². The first-order chi connectivity index (χ1) is 9.72. The summed E-state index contributed by atoms with van der Waals surface area (Å²) in [6, 6.07) is 15.6. The second-order valence-electron chi connectivity index (χ2n) is 4.15. The molecular weight excluding hydrogens is 272 g/mol. The van der Waals surface area contributed by atoms with Crippen LogP contribution in [0.5, 0.6) is 5.75 Å². The molecule has 0 fully saturated rings. The third-order valence-electron chi connectivity index (χ3n) is 2.80. The van der Waals surface area contributed by atoms with Gasteiger partial charge in [0, 0.05) is 16.2 Å². The van der Waals surface area contributed by atoms with Gasteiger partial charge in [-0.05, 0) is 35.9 Å². The molecule has 0 spiro atoms. The monoisotopic (exact) mass is 288 g/mol. The lowest BCUT2D eigenvalue weighted by Crippen LogP contribution is -2.13. The zero-order valence-electron chi connectivity index (χ0n) is 11.1. The van der Waals surface area contributed by atoms with Crippen LogP contribution in [-0.4, -0.2) is 18.2 Å². The van der Waals surface area contributed by atoms with Gasteiger partial charge in [-0.25, -0.2) is 0 Å². The Kier molecular flexibility index (Phi) is 4.90. The maximum Gasteiger partial charge on any atom is 0.170 e. The first-order valence-electron chi connectivity index (χ1n) is 6.06. The van der Waals surface area contributed by atoms with Gasteiger partial charge in [0.05, 0.1) is 7.11 Å². The molecule has 0 amide bonds. The fraction of sp³-hybridized carbons (Fsp3) is 0.133. The number of thioether (sulfide) groups is 1. The minimum atomic E-state index is 0.126. The van der Waals surface area contributed by atoms with E-state index < -0.39 is 0 Å². The molecular formula is C15H16N2O2S. The van der Waals surface area contributed by atoms with Crippen molar-refractivity contribution in [2.75, 3.05) is 7.11 Å². The highest BCUT2D eigenvalue weighted by Crippen LogP contribution is 2.25. The Bertz CT molecular complexity index is 597. The molecule has 3 N–H and O–H groups in total. The number of benzene rings is 2. The summed E-state index contributed by atoms with van der Waals surface area (Å²) in [5.41, 5.74) is 7.42. The minimum Gasteiger partial charge on any atom is -0.497 e. The predicted octanol–water partition coefficient (Wildman–Crippen LogP) is 3.08. The van der Waals surface area contributed by atoms with E-state index >= 15 is 0 Å². The number of amidine groups is 1. The Morgan fingerprint density at radius 3 is 2.65 bits per heavy atom. The van der Waals surface area contributed by atoms with Crippen LogP contribution in [0.25, 0.3) is 0 Å². The fourth-order valence-electron chi connectivity index (χ4n) is 1.72. The van der Waals surface area contributed by atoms with Crippen molar-refractivity contribution in [1.82, 2.24) is 0 Å². The molecule has 4 nitrogen and oxygen atoms in total. The topological polar surface area (TPSA) is 67.8 Å². The van der Waals surface area contributed by atoms with Crippen molar-refractivity contribution in [3.8, 4) is 5.75 Å². The van der Waals surface area contributed by atoms with Crippen LogP contribution >= 0.6 is 11.8 Å². The van der Waals surface area contributed by atoms with Crippen molar-refractivity contribution in [2.24, 2.45) is 10.9 Å². The van der Waals surface area contributed by atoms with Crippen LogP contribution in [0, 0.1) is 0 Å². The van der Waals surface area contributed by atoms with E-state index in [-0.39, 0.29) is 5.84 Å². The summed E-state index contributed by atoms with van der Waals surface area (Å²) in [7, 11) is 1.65. The van der Waals surface area contributed by atoms with E-state index in [1.54, 1.807) is 18.9 Å². The van der Waals surface area contributed by atoms with Crippen LogP contribution in [0.2, 0.25) is 0 Å². The summed E-state index contributed by atoms with van der Waals surface area (Å²) >= 11 is 1.72. The van der Waals surface area contributed by atoms with E-state index in [1.807, 2.05) is 48.5 Å². The molecule has 0 bridgehead atoms. The van der Waals surface area contributed by atoms with Gasteiger partial charge in [-0.1, -0.05) is 23.4 Å². The molecule has 104 valence electrons. The quantitative estimate of drug-likeness (QED) is 0.292. The second-order valence-corrected chi connectivity index (χ2v) is 5.20. The van der Waals surface area contributed by atoms with E-state index in [0.717, 1.165) is 22.6 Å². The number of rotatable bonds is 5. The van der Waals surface area contributed by atoms with Crippen molar-refractivity contribution in [3.63, 3.8) is 0 Å². The second kappa shape index (κ2) is 6.86. The number of oxime groups is 1. The van der Waals surface area contributed by atoms with Crippen molar-refractivity contribution >= 4 is 17.6 Å². The van der Waals surface area contributed by atoms with Gasteiger partial charge in [0.1, 0.15) is 5.75 Å². The summed E-state index contributed by atoms with van der Waals surface area (Å²) in [4.78, 5) is 1.17. The maximum absolute atomic E-state index is 8.68. The third-order valence-corrected chi connectivity index (χ3v) is 3.88. The molecule has 0 aromatic heterocycles. The average molecular weight is 288 g/mol. The van der Waals surface area contributed by atoms with Crippen molar-refractivity contribution in [2.45, 2.75) is 10.6 Å². The van der Waals surface area contributed by atoms with E-state index in [0.29, 0.717) is 0 Å². The molecule has 0 saturated carbocycles. The highest BCUT2D eigenvalue weighted by atomic mass is 32.2. The Morgan fingerprint density at radius 1 is 1.25 bits per heavy atom. The third kappa shape index (κ3) is 3.68. The molecule has 0 aliphatic heterocycles. The van der Waals surface area contributed by atoms with Crippen LogP contribution in [0.1, 0.15) is 11.1 Å². The average Bonchev–Trinajstić information content (AvgIpc) is 2.53. The lowest BCUT2D eigenvalue weighted by atomic mass is 10.1. The van der Waals surface area contributed by atoms with Gasteiger partial charge in [0.2, 0.25) is 0 Å². The molecule has 5 heteroatoms. The van der Waals surface area contributed by atoms with E-state index in [9.17, 15) is 0 Å². The van der Waals surface area contributed by atoms with Crippen LogP contribution < -0.4 is 10.5 Å². The van der Waals surface area contributed by atoms with Crippen LogP contribution in [0.3, 0.4) is 0 Å². The van der Waals surface area contributed by atoms with Crippen LogP contribution in [0.15, 0.2) is 58.6 Å². The summed E-state index contributed by atoms with van der Waals surface area (Å²) in [6.07, 6.45) is 0. The number of nitrogens with two attached hydrogens (primary N) is 1. The number of ether oxygens (including phenoxy) is 1. The Morgan fingerprint density at radius 2 is 2.00 bits per heavy atom. The number of methoxy groups -OCH3 is 1. The molecule has 0 heterocycles. The standard InChI is InChI=1S/C15H16N2O2S/c1-19-13-5-7-14(8-6-13)20-10-11-3-2-4-12(9-11)15(16)17-18/h2-9,18H,10H2,1H3,(H2,16,17). The smallest absolute Gasteiger partial charge is 0.170 e. The molecule has 2 aromatic carbocycles. The zero-order chi connectivity index (χ0) is 14.4. The van der Waals surface area contributed by atoms with Crippen molar-refractivity contribution < 1.29 is 9.94 Å². The zero-order valence-corrected chi connectivity index (χ0v) is 11.9. The minimum absolute atomic E-state index is 0.126. The molecule has 0 atom stereocenters. The molecule has 0 aliphatic carbocycles. The molecule has 2 aromatic rings. The summed E-state index contributed by atoms with van der Waals surface area (Å²) in [6.45, 7) is 0. The van der Waals surface area contributed by atoms with Gasteiger partial charge in [-0.3, -0.25) is 0 Å². The Balaban J connectivity index is 2.03.